The summed E-state index contributed by atoms with van der Waals surface area (Å²) in [4.78, 5) is 4.51. The summed E-state index contributed by atoms with van der Waals surface area (Å²) in [5.41, 5.74) is 2.22. The SMILES string of the molecule is Cn1cc(-c2ccnc3c2ccn3S(=O)(=O)c2ccccc2)cn1. The predicted octanol–water partition coefficient (Wildman–Crippen LogP) is 2.67. The molecular weight excluding hydrogens is 324 g/mol. The van der Waals surface area contributed by atoms with E-state index in [1.165, 1.54) is 3.97 Å². The molecule has 24 heavy (non-hydrogen) atoms. The van der Waals surface area contributed by atoms with Crippen molar-refractivity contribution in [3.63, 3.8) is 0 Å². The molecule has 3 aromatic heterocycles. The van der Waals surface area contributed by atoms with E-state index in [4.69, 9.17) is 0 Å². The fraction of sp³-hybridized carbons (Fsp3) is 0.0588. The molecule has 3 heterocycles. The zero-order valence-corrected chi connectivity index (χ0v) is 13.7. The van der Waals surface area contributed by atoms with Crippen LogP contribution in [0.1, 0.15) is 0 Å². The number of aryl methyl sites for hydroxylation is 1. The topological polar surface area (TPSA) is 69.8 Å². The van der Waals surface area contributed by atoms with E-state index in [1.807, 2.05) is 19.3 Å². The highest BCUT2D eigenvalue weighted by atomic mass is 32.2. The average molecular weight is 338 g/mol. The monoisotopic (exact) mass is 338 g/mol. The Labute approximate surface area is 139 Å². The number of hydrogen-bond acceptors (Lipinski definition) is 4. The Bertz CT molecular complexity index is 1130. The largest absolute Gasteiger partial charge is 0.275 e. The maximum Gasteiger partial charge on any atom is 0.269 e. The highest BCUT2D eigenvalue weighted by Crippen LogP contribution is 2.29. The van der Waals surface area contributed by atoms with Crippen molar-refractivity contribution in [3.8, 4) is 11.1 Å². The highest BCUT2D eigenvalue weighted by molar-refractivity contribution is 7.90. The Morgan fingerprint density at radius 1 is 1.04 bits per heavy atom. The molecular formula is C17H14N4O2S. The molecule has 0 fully saturated rings. The van der Waals surface area contributed by atoms with Crippen LogP contribution in [-0.2, 0) is 17.1 Å². The molecule has 0 saturated carbocycles. The Hall–Kier alpha value is -2.93. The van der Waals surface area contributed by atoms with Crippen LogP contribution < -0.4 is 0 Å². The molecule has 0 unspecified atom stereocenters. The first-order chi connectivity index (χ1) is 11.6. The van der Waals surface area contributed by atoms with Crippen molar-refractivity contribution in [2.75, 3.05) is 0 Å². The molecule has 0 N–H and O–H groups in total. The second-order valence-corrected chi connectivity index (χ2v) is 7.24. The van der Waals surface area contributed by atoms with E-state index >= 15 is 0 Å². The van der Waals surface area contributed by atoms with E-state index in [9.17, 15) is 8.42 Å². The molecule has 0 spiro atoms. The van der Waals surface area contributed by atoms with Crippen molar-refractivity contribution in [2.45, 2.75) is 4.90 Å². The minimum atomic E-state index is -3.68. The molecule has 1 aromatic carbocycles. The summed E-state index contributed by atoms with van der Waals surface area (Å²) in [6.07, 6.45) is 6.79. The fourth-order valence-corrected chi connectivity index (χ4v) is 4.05. The third-order valence-electron chi connectivity index (χ3n) is 3.87. The van der Waals surface area contributed by atoms with Gasteiger partial charge in [-0.15, -0.1) is 0 Å². The number of pyridine rings is 1. The van der Waals surface area contributed by atoms with Gasteiger partial charge in [0.05, 0.1) is 11.1 Å². The van der Waals surface area contributed by atoms with Gasteiger partial charge in [-0.3, -0.25) is 4.68 Å². The molecule has 120 valence electrons. The van der Waals surface area contributed by atoms with Gasteiger partial charge in [0.1, 0.15) is 0 Å². The molecule has 6 nitrogen and oxygen atoms in total. The van der Waals surface area contributed by atoms with Crippen molar-refractivity contribution >= 4 is 21.1 Å². The van der Waals surface area contributed by atoms with Gasteiger partial charge in [-0.05, 0) is 29.8 Å². The van der Waals surface area contributed by atoms with Crippen LogP contribution in [0.4, 0.5) is 0 Å². The summed E-state index contributed by atoms with van der Waals surface area (Å²) in [6.45, 7) is 0. The van der Waals surface area contributed by atoms with Crippen LogP contribution in [0.25, 0.3) is 22.2 Å². The number of nitrogens with zero attached hydrogens (tertiary/aromatic N) is 4. The molecule has 7 heteroatoms. The first-order valence-corrected chi connectivity index (χ1v) is 8.77. The summed E-state index contributed by atoms with van der Waals surface area (Å²) in [5.74, 6) is 0. The highest BCUT2D eigenvalue weighted by Gasteiger charge is 2.20. The number of hydrogen-bond donors (Lipinski definition) is 0. The van der Waals surface area contributed by atoms with Crippen molar-refractivity contribution in [3.05, 3.63) is 67.3 Å². The molecule has 0 atom stereocenters. The van der Waals surface area contributed by atoms with Crippen LogP contribution >= 0.6 is 0 Å². The lowest BCUT2D eigenvalue weighted by Gasteiger charge is -2.07. The Morgan fingerprint density at radius 2 is 1.83 bits per heavy atom. The van der Waals surface area contributed by atoms with Crippen molar-refractivity contribution in [1.82, 2.24) is 18.7 Å². The molecule has 0 aliphatic rings. The fourth-order valence-electron chi connectivity index (χ4n) is 2.73. The molecule has 0 aliphatic carbocycles. The number of fused-ring (bicyclic) bond motifs is 1. The summed E-state index contributed by atoms with van der Waals surface area (Å²) < 4.78 is 28.7. The zero-order chi connectivity index (χ0) is 16.7. The van der Waals surface area contributed by atoms with E-state index in [-0.39, 0.29) is 4.90 Å². The van der Waals surface area contributed by atoms with Crippen LogP contribution in [0.15, 0.2) is 72.1 Å². The number of benzene rings is 1. The summed E-state index contributed by atoms with van der Waals surface area (Å²) >= 11 is 0. The first kappa shape index (κ1) is 14.6. The van der Waals surface area contributed by atoms with Crippen LogP contribution in [0, 0.1) is 0 Å². The van der Waals surface area contributed by atoms with Crippen molar-refractivity contribution in [2.24, 2.45) is 7.05 Å². The van der Waals surface area contributed by atoms with E-state index in [0.29, 0.717) is 5.65 Å². The van der Waals surface area contributed by atoms with Crippen LogP contribution in [0.3, 0.4) is 0 Å². The maximum absolute atomic E-state index is 12.9. The van der Waals surface area contributed by atoms with Crippen LogP contribution in [0.2, 0.25) is 0 Å². The lowest BCUT2D eigenvalue weighted by atomic mass is 10.1. The van der Waals surface area contributed by atoms with E-state index in [2.05, 4.69) is 10.1 Å². The summed E-state index contributed by atoms with van der Waals surface area (Å²) in [6, 6.07) is 12.0. The lowest BCUT2D eigenvalue weighted by molar-refractivity contribution is 0.589. The second kappa shape index (κ2) is 5.31. The third-order valence-corrected chi connectivity index (χ3v) is 5.55. The lowest BCUT2D eigenvalue weighted by Crippen LogP contribution is -2.12. The number of rotatable bonds is 3. The first-order valence-electron chi connectivity index (χ1n) is 7.33. The Kier molecular flexibility index (Phi) is 3.24. The van der Waals surface area contributed by atoms with Crippen molar-refractivity contribution < 1.29 is 8.42 Å². The minimum absolute atomic E-state index is 0.232. The van der Waals surface area contributed by atoms with Gasteiger partial charge in [0.2, 0.25) is 0 Å². The smallest absolute Gasteiger partial charge is 0.269 e. The van der Waals surface area contributed by atoms with Crippen LogP contribution in [0.5, 0.6) is 0 Å². The quantitative estimate of drug-likeness (QED) is 0.576. The van der Waals surface area contributed by atoms with Crippen molar-refractivity contribution in [1.29, 1.82) is 0 Å². The second-order valence-electron chi connectivity index (χ2n) is 5.43. The molecule has 4 rings (SSSR count). The van der Waals surface area contributed by atoms with E-state index in [1.54, 1.807) is 59.7 Å². The van der Waals surface area contributed by atoms with Gasteiger partial charge in [-0.1, -0.05) is 18.2 Å². The van der Waals surface area contributed by atoms with Gasteiger partial charge >= 0.3 is 0 Å². The molecule has 4 aromatic rings. The minimum Gasteiger partial charge on any atom is -0.275 e. The van der Waals surface area contributed by atoms with Gasteiger partial charge in [0.25, 0.3) is 10.0 Å². The number of aromatic nitrogens is 4. The van der Waals surface area contributed by atoms with Gasteiger partial charge in [-0.25, -0.2) is 17.4 Å². The Morgan fingerprint density at radius 3 is 2.54 bits per heavy atom. The van der Waals surface area contributed by atoms with Gasteiger partial charge in [-0.2, -0.15) is 5.10 Å². The molecule has 0 bridgehead atoms. The molecule has 0 saturated heterocycles. The van der Waals surface area contributed by atoms with Gasteiger partial charge < -0.3 is 0 Å². The van der Waals surface area contributed by atoms with Gasteiger partial charge in [0, 0.05) is 36.6 Å². The zero-order valence-electron chi connectivity index (χ0n) is 12.9. The predicted molar refractivity (Wildman–Crippen MR) is 91.0 cm³/mol. The summed E-state index contributed by atoms with van der Waals surface area (Å²) in [5, 5.41) is 4.94. The normalized spacial score (nSPS) is 11.9. The standard InChI is InChI=1S/C17H14N4O2S/c1-20-12-13(11-19-20)15-7-9-18-17-16(15)8-10-21(17)24(22,23)14-5-3-2-4-6-14/h2-12H,1H3. The Balaban J connectivity index is 1.94. The average Bonchev–Trinajstić information content (AvgIpc) is 3.22. The summed E-state index contributed by atoms with van der Waals surface area (Å²) in [7, 11) is -1.84. The van der Waals surface area contributed by atoms with E-state index < -0.39 is 10.0 Å². The maximum atomic E-state index is 12.9. The third kappa shape index (κ3) is 2.21. The van der Waals surface area contributed by atoms with Gasteiger partial charge in [0.15, 0.2) is 5.65 Å². The van der Waals surface area contributed by atoms with E-state index in [0.717, 1.165) is 16.5 Å². The molecule has 0 amide bonds. The molecule has 0 aliphatic heterocycles. The molecule has 0 radical (unpaired) electrons. The van der Waals surface area contributed by atoms with Crippen LogP contribution in [-0.4, -0.2) is 27.2 Å².